The molecule has 0 saturated carbocycles. The van der Waals surface area contributed by atoms with Crippen LogP contribution in [-0.4, -0.2) is 17.7 Å². The smallest absolute Gasteiger partial charge is 0.234 e. The van der Waals surface area contributed by atoms with Gasteiger partial charge in [-0.05, 0) is 25.0 Å². The predicted octanol–water partition coefficient (Wildman–Crippen LogP) is 2.40. The van der Waals surface area contributed by atoms with Gasteiger partial charge in [0.25, 0.3) is 0 Å². The van der Waals surface area contributed by atoms with Gasteiger partial charge in [0.2, 0.25) is 5.91 Å². The Bertz CT molecular complexity index is 403. The SMILES string of the molecule is C=C(C)CNC(=O)C1Cc2ccccc2S1. The fourth-order valence-electron chi connectivity index (χ4n) is 1.68. The normalized spacial score (nSPS) is 17.9. The van der Waals surface area contributed by atoms with E-state index in [1.54, 1.807) is 11.8 Å². The molecular formula is C13H15NOS. The van der Waals surface area contributed by atoms with Crippen molar-refractivity contribution in [2.75, 3.05) is 6.54 Å². The van der Waals surface area contributed by atoms with Crippen LogP contribution in [0.25, 0.3) is 0 Å². The van der Waals surface area contributed by atoms with E-state index in [-0.39, 0.29) is 11.2 Å². The van der Waals surface area contributed by atoms with E-state index >= 15 is 0 Å². The van der Waals surface area contributed by atoms with Crippen molar-refractivity contribution >= 4 is 17.7 Å². The van der Waals surface area contributed by atoms with Crippen molar-refractivity contribution in [3.63, 3.8) is 0 Å². The van der Waals surface area contributed by atoms with Crippen LogP contribution >= 0.6 is 11.8 Å². The number of hydrogen-bond acceptors (Lipinski definition) is 2. The third-order valence-electron chi connectivity index (χ3n) is 2.50. The Morgan fingerprint density at radius 2 is 2.31 bits per heavy atom. The number of thioether (sulfide) groups is 1. The summed E-state index contributed by atoms with van der Waals surface area (Å²) in [7, 11) is 0. The summed E-state index contributed by atoms with van der Waals surface area (Å²) in [5.41, 5.74) is 2.26. The number of carbonyl (C=O) groups is 1. The molecule has 2 rings (SSSR count). The zero-order chi connectivity index (χ0) is 11.5. The minimum atomic E-state index is 0.0248. The molecule has 0 aliphatic carbocycles. The first-order chi connectivity index (χ1) is 7.66. The van der Waals surface area contributed by atoms with Crippen LogP contribution < -0.4 is 5.32 Å². The van der Waals surface area contributed by atoms with E-state index in [1.165, 1.54) is 10.5 Å². The second-order valence-corrected chi connectivity index (χ2v) is 5.34. The van der Waals surface area contributed by atoms with Crippen molar-refractivity contribution in [2.45, 2.75) is 23.5 Å². The highest BCUT2D eigenvalue weighted by atomic mass is 32.2. The van der Waals surface area contributed by atoms with Gasteiger partial charge in [-0.2, -0.15) is 0 Å². The Morgan fingerprint density at radius 1 is 1.56 bits per heavy atom. The molecule has 2 nitrogen and oxygen atoms in total. The fourth-order valence-corrected chi connectivity index (χ4v) is 2.90. The highest BCUT2D eigenvalue weighted by molar-refractivity contribution is 8.01. The maximum Gasteiger partial charge on any atom is 0.234 e. The molecule has 0 aromatic heterocycles. The van der Waals surface area contributed by atoms with E-state index in [0.717, 1.165) is 12.0 Å². The van der Waals surface area contributed by atoms with Crippen LogP contribution in [0.4, 0.5) is 0 Å². The van der Waals surface area contributed by atoms with Gasteiger partial charge in [0.15, 0.2) is 0 Å². The lowest BCUT2D eigenvalue weighted by molar-refractivity contribution is -0.120. The summed E-state index contributed by atoms with van der Waals surface area (Å²) in [5, 5.41) is 2.92. The molecule has 0 radical (unpaired) electrons. The molecule has 1 heterocycles. The van der Waals surface area contributed by atoms with Gasteiger partial charge < -0.3 is 5.32 Å². The molecule has 84 valence electrons. The second kappa shape index (κ2) is 4.74. The molecule has 3 heteroatoms. The van der Waals surface area contributed by atoms with E-state index in [0.29, 0.717) is 6.54 Å². The zero-order valence-corrected chi connectivity index (χ0v) is 10.1. The number of carbonyl (C=O) groups excluding carboxylic acids is 1. The average molecular weight is 233 g/mol. The summed E-state index contributed by atoms with van der Waals surface area (Å²) < 4.78 is 0. The fraction of sp³-hybridized carbons (Fsp3) is 0.308. The number of benzene rings is 1. The van der Waals surface area contributed by atoms with Gasteiger partial charge in [-0.15, -0.1) is 11.8 Å². The van der Waals surface area contributed by atoms with Gasteiger partial charge in [0.05, 0.1) is 5.25 Å². The topological polar surface area (TPSA) is 29.1 Å². The van der Waals surface area contributed by atoms with Crippen molar-refractivity contribution in [1.82, 2.24) is 5.32 Å². The largest absolute Gasteiger partial charge is 0.351 e. The molecule has 0 saturated heterocycles. The van der Waals surface area contributed by atoms with E-state index in [9.17, 15) is 4.79 Å². The number of hydrogen-bond donors (Lipinski definition) is 1. The van der Waals surface area contributed by atoms with Gasteiger partial charge >= 0.3 is 0 Å². The van der Waals surface area contributed by atoms with Gasteiger partial charge in [0, 0.05) is 11.4 Å². The first kappa shape index (κ1) is 11.3. The molecule has 1 unspecified atom stereocenters. The van der Waals surface area contributed by atoms with Crippen LogP contribution in [0.15, 0.2) is 41.3 Å². The quantitative estimate of drug-likeness (QED) is 0.812. The summed E-state index contributed by atoms with van der Waals surface area (Å²) in [6, 6.07) is 8.20. The zero-order valence-electron chi connectivity index (χ0n) is 9.32. The molecule has 1 aromatic rings. The predicted molar refractivity (Wildman–Crippen MR) is 67.6 cm³/mol. The molecule has 1 N–H and O–H groups in total. The van der Waals surface area contributed by atoms with Gasteiger partial charge in [0.1, 0.15) is 0 Å². The molecule has 1 atom stereocenters. The summed E-state index contributed by atoms with van der Waals surface area (Å²) in [4.78, 5) is 13.1. The third kappa shape index (κ3) is 2.47. The molecule has 16 heavy (non-hydrogen) atoms. The van der Waals surface area contributed by atoms with Crippen molar-refractivity contribution in [3.8, 4) is 0 Å². The first-order valence-corrected chi connectivity index (χ1v) is 6.21. The van der Waals surface area contributed by atoms with E-state index in [4.69, 9.17) is 0 Å². The highest BCUT2D eigenvalue weighted by Gasteiger charge is 2.27. The van der Waals surface area contributed by atoms with Crippen molar-refractivity contribution in [3.05, 3.63) is 42.0 Å². The van der Waals surface area contributed by atoms with Gasteiger partial charge in [-0.3, -0.25) is 4.79 Å². The van der Waals surface area contributed by atoms with Gasteiger partial charge in [-0.1, -0.05) is 30.4 Å². The van der Waals surface area contributed by atoms with Crippen LogP contribution in [0.2, 0.25) is 0 Å². The van der Waals surface area contributed by atoms with Crippen LogP contribution in [-0.2, 0) is 11.2 Å². The highest BCUT2D eigenvalue weighted by Crippen LogP contribution is 2.36. The molecule has 1 amide bonds. The Kier molecular flexibility index (Phi) is 3.34. The lowest BCUT2D eigenvalue weighted by atomic mass is 10.1. The Hall–Kier alpha value is -1.22. The standard InChI is InChI=1S/C13H15NOS/c1-9(2)8-14-13(15)12-7-10-5-3-4-6-11(10)16-12/h3-6,12H,1,7-8H2,2H3,(H,14,15). The van der Waals surface area contributed by atoms with E-state index in [2.05, 4.69) is 24.0 Å². The van der Waals surface area contributed by atoms with E-state index in [1.807, 2.05) is 19.1 Å². The number of rotatable bonds is 3. The van der Waals surface area contributed by atoms with Crippen LogP contribution in [0.3, 0.4) is 0 Å². The molecule has 1 aliphatic heterocycles. The summed E-state index contributed by atoms with van der Waals surface area (Å²) in [6.45, 7) is 6.26. The van der Waals surface area contributed by atoms with Gasteiger partial charge in [-0.25, -0.2) is 0 Å². The van der Waals surface area contributed by atoms with Crippen LogP contribution in [0, 0.1) is 0 Å². The number of fused-ring (bicyclic) bond motifs is 1. The Balaban J connectivity index is 1.96. The van der Waals surface area contributed by atoms with Crippen molar-refractivity contribution in [1.29, 1.82) is 0 Å². The van der Waals surface area contributed by atoms with Crippen LogP contribution in [0.1, 0.15) is 12.5 Å². The van der Waals surface area contributed by atoms with E-state index < -0.39 is 0 Å². The summed E-state index contributed by atoms with van der Waals surface area (Å²) >= 11 is 1.65. The minimum Gasteiger partial charge on any atom is -0.351 e. The first-order valence-electron chi connectivity index (χ1n) is 5.33. The molecule has 0 fully saturated rings. The minimum absolute atomic E-state index is 0.0248. The Labute approximate surface area is 100 Å². The maximum absolute atomic E-state index is 11.8. The molecule has 0 bridgehead atoms. The molecule has 1 aliphatic rings. The van der Waals surface area contributed by atoms with Crippen LogP contribution in [0.5, 0.6) is 0 Å². The monoisotopic (exact) mass is 233 g/mol. The Morgan fingerprint density at radius 3 is 3.00 bits per heavy atom. The average Bonchev–Trinajstić information content (AvgIpc) is 2.69. The van der Waals surface area contributed by atoms with Crippen molar-refractivity contribution < 1.29 is 4.79 Å². The molecule has 0 spiro atoms. The maximum atomic E-state index is 11.8. The number of amides is 1. The lowest BCUT2D eigenvalue weighted by Gasteiger charge is -2.09. The summed E-state index contributed by atoms with van der Waals surface area (Å²) in [6.07, 6.45) is 0.836. The molecule has 1 aromatic carbocycles. The number of nitrogens with one attached hydrogen (secondary N) is 1. The second-order valence-electron chi connectivity index (χ2n) is 4.09. The molecular weight excluding hydrogens is 218 g/mol. The summed E-state index contributed by atoms with van der Waals surface area (Å²) in [5.74, 6) is 0.115. The van der Waals surface area contributed by atoms with Crippen molar-refractivity contribution in [2.24, 2.45) is 0 Å². The third-order valence-corrected chi connectivity index (χ3v) is 3.82. The lowest BCUT2D eigenvalue weighted by Crippen LogP contribution is -2.33.